The van der Waals surface area contributed by atoms with Crippen LogP contribution in [0.5, 0.6) is 0 Å². The molecule has 5 nitrogen and oxygen atoms in total. The Morgan fingerprint density at radius 3 is 2.33 bits per heavy atom. The van der Waals surface area contributed by atoms with Crippen molar-refractivity contribution in [3.05, 3.63) is 70.2 Å². The summed E-state index contributed by atoms with van der Waals surface area (Å²) in [5.74, 6) is 0.708. The van der Waals surface area contributed by atoms with Crippen molar-refractivity contribution in [2.75, 3.05) is 19.6 Å². The zero-order valence-corrected chi connectivity index (χ0v) is 16.6. The van der Waals surface area contributed by atoms with E-state index in [0.29, 0.717) is 18.7 Å². The first-order valence-electron chi connectivity index (χ1n) is 9.26. The number of nitrogens with zero attached hydrogens (tertiary/aromatic N) is 1. The Morgan fingerprint density at radius 2 is 1.67 bits per heavy atom. The van der Waals surface area contributed by atoms with Gasteiger partial charge >= 0.3 is 0 Å². The van der Waals surface area contributed by atoms with Crippen molar-refractivity contribution in [2.45, 2.75) is 26.8 Å². The molecule has 0 radical (unpaired) electrons. The molecule has 0 saturated heterocycles. The van der Waals surface area contributed by atoms with Crippen molar-refractivity contribution in [3.63, 3.8) is 0 Å². The van der Waals surface area contributed by atoms with Crippen LogP contribution >= 0.6 is 11.6 Å². The predicted octanol–water partition coefficient (Wildman–Crippen LogP) is 3.39. The van der Waals surface area contributed by atoms with Gasteiger partial charge in [-0.05, 0) is 49.6 Å². The molecule has 1 amide bonds. The van der Waals surface area contributed by atoms with Gasteiger partial charge in [0.15, 0.2) is 5.96 Å². The second kappa shape index (κ2) is 11.2. The number of aliphatic imine (C=N–C) groups is 1. The molecule has 0 aromatic heterocycles. The summed E-state index contributed by atoms with van der Waals surface area (Å²) < 4.78 is 0. The van der Waals surface area contributed by atoms with Crippen LogP contribution in [0.3, 0.4) is 0 Å². The lowest BCUT2D eigenvalue weighted by molar-refractivity contribution is 0.0956. The summed E-state index contributed by atoms with van der Waals surface area (Å²) in [5.41, 5.74) is 2.82. The third-order valence-corrected chi connectivity index (χ3v) is 4.33. The highest BCUT2D eigenvalue weighted by atomic mass is 35.5. The smallest absolute Gasteiger partial charge is 0.251 e. The van der Waals surface area contributed by atoms with E-state index in [1.54, 1.807) is 0 Å². The van der Waals surface area contributed by atoms with Crippen molar-refractivity contribution < 1.29 is 4.79 Å². The normalized spacial score (nSPS) is 11.1. The van der Waals surface area contributed by atoms with Crippen molar-refractivity contribution >= 4 is 23.5 Å². The third-order valence-electron chi connectivity index (χ3n) is 3.96. The van der Waals surface area contributed by atoms with Gasteiger partial charge in [-0.15, -0.1) is 0 Å². The Hall–Kier alpha value is -2.53. The molecule has 144 valence electrons. The largest absolute Gasteiger partial charge is 0.357 e. The van der Waals surface area contributed by atoms with Crippen molar-refractivity contribution in [3.8, 4) is 0 Å². The van der Waals surface area contributed by atoms with Crippen molar-refractivity contribution in [1.29, 1.82) is 0 Å². The summed E-state index contributed by atoms with van der Waals surface area (Å²) >= 11 is 6.19. The molecule has 0 bridgehead atoms. The number of hydrogen-bond donors (Lipinski definition) is 3. The Labute approximate surface area is 166 Å². The van der Waals surface area contributed by atoms with Crippen LogP contribution in [0.2, 0.25) is 5.02 Å². The number of nitrogens with one attached hydrogen (secondary N) is 3. The molecule has 0 fully saturated rings. The van der Waals surface area contributed by atoms with E-state index in [2.05, 4.69) is 20.9 Å². The van der Waals surface area contributed by atoms with E-state index in [-0.39, 0.29) is 5.91 Å². The van der Waals surface area contributed by atoms with Gasteiger partial charge in [0.1, 0.15) is 0 Å². The van der Waals surface area contributed by atoms with E-state index in [1.807, 2.05) is 62.4 Å². The topological polar surface area (TPSA) is 65.5 Å². The van der Waals surface area contributed by atoms with Gasteiger partial charge in [0, 0.05) is 30.2 Å². The van der Waals surface area contributed by atoms with Crippen LogP contribution in [0.25, 0.3) is 0 Å². The first-order valence-corrected chi connectivity index (χ1v) is 9.64. The minimum absolute atomic E-state index is 0.0536. The number of amides is 1. The standard InChI is InChI=1S/C21H27ClN4O/c1-3-23-20(27)18-11-9-16(10-12-18)15-26-21(24-4-2)25-14-13-17-7-5-6-8-19(17)22/h5-12H,3-4,13-15H2,1-2H3,(H,23,27)(H2,24,25,26). The lowest BCUT2D eigenvalue weighted by Gasteiger charge is -2.12. The first kappa shape index (κ1) is 20.8. The molecule has 2 aromatic carbocycles. The first-order chi connectivity index (χ1) is 13.1. The zero-order valence-electron chi connectivity index (χ0n) is 15.9. The van der Waals surface area contributed by atoms with Gasteiger partial charge < -0.3 is 16.0 Å². The average molecular weight is 387 g/mol. The van der Waals surface area contributed by atoms with Gasteiger partial charge in [0.05, 0.1) is 6.54 Å². The highest BCUT2D eigenvalue weighted by Crippen LogP contribution is 2.14. The van der Waals surface area contributed by atoms with Crippen LogP contribution in [0.15, 0.2) is 53.5 Å². The summed E-state index contributed by atoms with van der Waals surface area (Å²) in [6, 6.07) is 15.4. The fourth-order valence-corrected chi connectivity index (χ4v) is 2.78. The second-order valence-electron chi connectivity index (χ2n) is 6.02. The molecule has 0 unspecified atom stereocenters. The van der Waals surface area contributed by atoms with Gasteiger partial charge in [0.2, 0.25) is 0 Å². The van der Waals surface area contributed by atoms with Gasteiger partial charge in [-0.2, -0.15) is 0 Å². The summed E-state index contributed by atoms with van der Waals surface area (Å²) in [5, 5.41) is 10.1. The molecule has 2 aromatic rings. The summed E-state index contributed by atoms with van der Waals surface area (Å²) in [6.07, 6.45) is 0.825. The Balaban J connectivity index is 1.90. The fraction of sp³-hybridized carbons (Fsp3) is 0.333. The van der Waals surface area contributed by atoms with Crippen molar-refractivity contribution in [2.24, 2.45) is 4.99 Å². The minimum atomic E-state index is -0.0536. The number of guanidine groups is 1. The minimum Gasteiger partial charge on any atom is -0.357 e. The van der Waals surface area contributed by atoms with Crippen LogP contribution in [-0.4, -0.2) is 31.5 Å². The maximum Gasteiger partial charge on any atom is 0.251 e. The van der Waals surface area contributed by atoms with E-state index in [9.17, 15) is 4.79 Å². The molecule has 6 heteroatoms. The molecule has 0 aliphatic carbocycles. The lowest BCUT2D eigenvalue weighted by Crippen LogP contribution is -2.38. The average Bonchev–Trinajstić information content (AvgIpc) is 2.68. The van der Waals surface area contributed by atoms with Crippen LogP contribution in [-0.2, 0) is 13.0 Å². The molecule has 0 saturated carbocycles. The number of carbonyl (C=O) groups excluding carboxylic acids is 1. The number of rotatable bonds is 8. The lowest BCUT2D eigenvalue weighted by atomic mass is 10.1. The summed E-state index contributed by atoms with van der Waals surface area (Å²) in [7, 11) is 0. The van der Waals surface area contributed by atoms with Gasteiger partial charge in [0.25, 0.3) is 5.91 Å². The number of benzene rings is 2. The quantitative estimate of drug-likeness (QED) is 0.481. The maximum absolute atomic E-state index is 11.8. The van der Waals surface area contributed by atoms with Crippen LogP contribution < -0.4 is 16.0 Å². The van der Waals surface area contributed by atoms with Crippen LogP contribution in [0, 0.1) is 0 Å². The maximum atomic E-state index is 11.8. The van der Waals surface area contributed by atoms with E-state index >= 15 is 0 Å². The SMILES string of the molecule is CCNC(=O)c1ccc(CN=C(NCC)NCCc2ccccc2Cl)cc1. The zero-order chi connectivity index (χ0) is 19.5. The monoisotopic (exact) mass is 386 g/mol. The van der Waals surface area contributed by atoms with Gasteiger partial charge in [-0.3, -0.25) is 4.79 Å². The molecule has 0 aliphatic heterocycles. The molecule has 0 atom stereocenters. The molecular weight excluding hydrogens is 360 g/mol. The summed E-state index contributed by atoms with van der Waals surface area (Å²) in [6.45, 7) is 6.63. The van der Waals surface area contributed by atoms with E-state index in [4.69, 9.17) is 11.6 Å². The van der Waals surface area contributed by atoms with Gasteiger partial charge in [-0.1, -0.05) is 41.9 Å². The predicted molar refractivity (Wildman–Crippen MR) is 112 cm³/mol. The third kappa shape index (κ3) is 6.94. The molecule has 0 heterocycles. The van der Waals surface area contributed by atoms with Gasteiger partial charge in [-0.25, -0.2) is 4.99 Å². The highest BCUT2D eigenvalue weighted by molar-refractivity contribution is 6.31. The number of halogens is 1. The Morgan fingerprint density at radius 1 is 0.963 bits per heavy atom. The number of carbonyl (C=O) groups is 1. The molecule has 0 aliphatic rings. The molecule has 0 spiro atoms. The highest BCUT2D eigenvalue weighted by Gasteiger charge is 2.04. The van der Waals surface area contributed by atoms with E-state index in [1.165, 1.54) is 0 Å². The van der Waals surface area contributed by atoms with Crippen molar-refractivity contribution in [1.82, 2.24) is 16.0 Å². The molecular formula is C21H27ClN4O. The Kier molecular flexibility index (Phi) is 8.65. The van der Waals surface area contributed by atoms with Crippen LogP contribution in [0.1, 0.15) is 35.3 Å². The fourth-order valence-electron chi connectivity index (χ4n) is 2.55. The molecule has 3 N–H and O–H groups in total. The van der Waals surface area contributed by atoms with E-state index in [0.717, 1.165) is 41.6 Å². The molecule has 2 rings (SSSR count). The van der Waals surface area contributed by atoms with E-state index < -0.39 is 0 Å². The Bertz CT molecular complexity index is 759. The summed E-state index contributed by atoms with van der Waals surface area (Å²) in [4.78, 5) is 16.4. The van der Waals surface area contributed by atoms with Crippen LogP contribution in [0.4, 0.5) is 0 Å². The molecule has 27 heavy (non-hydrogen) atoms. The second-order valence-corrected chi connectivity index (χ2v) is 6.43. The number of hydrogen-bond acceptors (Lipinski definition) is 2.